The van der Waals surface area contributed by atoms with Gasteiger partial charge in [0.1, 0.15) is 6.10 Å². The second-order valence-corrected chi connectivity index (χ2v) is 7.67. The van der Waals surface area contributed by atoms with E-state index >= 15 is 0 Å². The average molecular weight is 376 g/mol. The van der Waals surface area contributed by atoms with Gasteiger partial charge in [-0.1, -0.05) is 0 Å². The number of methoxy groups -OCH3 is 1. The normalized spacial score (nSPS) is 19.9. The summed E-state index contributed by atoms with van der Waals surface area (Å²) in [7, 11) is 1.63. The van der Waals surface area contributed by atoms with Crippen LogP contribution in [0.1, 0.15) is 49.9 Å². The lowest BCUT2D eigenvalue weighted by atomic mass is 10.1. The van der Waals surface area contributed by atoms with Crippen LogP contribution >= 0.6 is 0 Å². The quantitative estimate of drug-likeness (QED) is 0.827. The van der Waals surface area contributed by atoms with E-state index in [1.165, 1.54) is 0 Å². The summed E-state index contributed by atoms with van der Waals surface area (Å²) in [5, 5.41) is 3.10. The Labute approximate surface area is 162 Å². The van der Waals surface area contributed by atoms with E-state index in [1.54, 1.807) is 13.2 Å². The number of carbonyl (C=O) groups excluding carboxylic acids is 1. The molecule has 0 unspecified atom stereocenters. The molecule has 6 heteroatoms. The van der Waals surface area contributed by atoms with Gasteiger partial charge in [-0.2, -0.15) is 0 Å². The lowest BCUT2D eigenvalue weighted by molar-refractivity contribution is 0.0694. The highest BCUT2D eigenvalue weighted by Gasteiger charge is 2.24. The van der Waals surface area contributed by atoms with E-state index in [0.29, 0.717) is 36.3 Å². The van der Waals surface area contributed by atoms with Gasteiger partial charge in [0, 0.05) is 44.0 Å². The van der Waals surface area contributed by atoms with Gasteiger partial charge in [-0.25, -0.2) is 0 Å². The smallest absolute Gasteiger partial charge is 0.251 e. The lowest BCUT2D eigenvalue weighted by Crippen LogP contribution is -2.41. The molecule has 2 saturated heterocycles. The molecule has 0 atom stereocenters. The molecule has 2 aliphatic heterocycles. The Morgan fingerprint density at radius 2 is 1.85 bits per heavy atom. The van der Waals surface area contributed by atoms with Crippen LogP contribution in [0, 0.1) is 0 Å². The second-order valence-electron chi connectivity index (χ2n) is 7.67. The van der Waals surface area contributed by atoms with Crippen molar-refractivity contribution in [2.75, 3.05) is 33.4 Å². The van der Waals surface area contributed by atoms with Crippen molar-refractivity contribution in [3.63, 3.8) is 0 Å². The predicted octanol–water partition coefficient (Wildman–Crippen LogP) is 2.86. The average Bonchev–Trinajstić information content (AvgIpc) is 2.69. The minimum Gasteiger partial charge on any atom is -0.493 e. The van der Waals surface area contributed by atoms with Crippen LogP contribution in [0.2, 0.25) is 0 Å². The third-order valence-corrected chi connectivity index (χ3v) is 5.48. The highest BCUT2D eigenvalue weighted by Crippen LogP contribution is 2.31. The number of carbonyl (C=O) groups is 1. The summed E-state index contributed by atoms with van der Waals surface area (Å²) in [5.41, 5.74) is 0.608. The summed E-state index contributed by atoms with van der Waals surface area (Å²) in [6, 6.07) is 6.16. The van der Waals surface area contributed by atoms with Gasteiger partial charge in [-0.15, -0.1) is 0 Å². The third-order valence-electron chi connectivity index (χ3n) is 5.48. The Balaban J connectivity index is 1.63. The Bertz CT molecular complexity index is 621. The monoisotopic (exact) mass is 376 g/mol. The number of amides is 1. The maximum atomic E-state index is 12.6. The summed E-state index contributed by atoms with van der Waals surface area (Å²) < 4.78 is 17.0. The zero-order valence-electron chi connectivity index (χ0n) is 16.7. The fourth-order valence-electron chi connectivity index (χ4n) is 3.71. The largest absolute Gasteiger partial charge is 0.493 e. The SMILES string of the molecule is COc1ccc(C(=O)NC2CCOCC2)cc1OC1CCN(C(C)C)CC1. The number of likely N-dealkylation sites (tertiary alicyclic amines) is 1. The van der Waals surface area contributed by atoms with Crippen LogP contribution in [-0.4, -0.2) is 62.4 Å². The maximum Gasteiger partial charge on any atom is 0.251 e. The number of nitrogens with zero attached hydrogens (tertiary/aromatic N) is 1. The fourth-order valence-corrected chi connectivity index (χ4v) is 3.71. The van der Waals surface area contributed by atoms with Crippen molar-refractivity contribution < 1.29 is 19.0 Å². The number of hydrogen-bond acceptors (Lipinski definition) is 5. The van der Waals surface area contributed by atoms with E-state index in [1.807, 2.05) is 12.1 Å². The summed E-state index contributed by atoms with van der Waals surface area (Å²) in [4.78, 5) is 15.1. The van der Waals surface area contributed by atoms with E-state index in [-0.39, 0.29) is 18.1 Å². The molecule has 0 aliphatic carbocycles. The first-order valence-electron chi connectivity index (χ1n) is 10.0. The molecule has 2 heterocycles. The molecular weight excluding hydrogens is 344 g/mol. The van der Waals surface area contributed by atoms with Gasteiger partial charge in [0.25, 0.3) is 5.91 Å². The number of nitrogens with one attached hydrogen (secondary N) is 1. The molecule has 2 fully saturated rings. The van der Waals surface area contributed by atoms with E-state index in [9.17, 15) is 4.79 Å². The molecule has 0 aromatic heterocycles. The highest BCUT2D eigenvalue weighted by molar-refractivity contribution is 5.95. The van der Waals surface area contributed by atoms with Crippen LogP contribution in [-0.2, 0) is 4.74 Å². The van der Waals surface area contributed by atoms with Crippen LogP contribution in [0.4, 0.5) is 0 Å². The molecule has 0 bridgehead atoms. The molecule has 1 N–H and O–H groups in total. The molecule has 1 amide bonds. The number of ether oxygens (including phenoxy) is 3. The predicted molar refractivity (Wildman–Crippen MR) is 105 cm³/mol. The minimum atomic E-state index is -0.0657. The minimum absolute atomic E-state index is 0.0657. The Hall–Kier alpha value is -1.79. The van der Waals surface area contributed by atoms with E-state index < -0.39 is 0 Å². The van der Waals surface area contributed by atoms with Crippen LogP contribution in [0.25, 0.3) is 0 Å². The molecule has 150 valence electrons. The lowest BCUT2D eigenvalue weighted by Gasteiger charge is -2.34. The second kappa shape index (κ2) is 9.42. The zero-order valence-corrected chi connectivity index (χ0v) is 16.7. The summed E-state index contributed by atoms with van der Waals surface area (Å²) >= 11 is 0. The van der Waals surface area contributed by atoms with Crippen molar-refractivity contribution in [3.8, 4) is 11.5 Å². The molecule has 1 aromatic carbocycles. The van der Waals surface area contributed by atoms with Crippen LogP contribution < -0.4 is 14.8 Å². The first-order valence-corrected chi connectivity index (χ1v) is 10.0. The van der Waals surface area contributed by atoms with Crippen molar-refractivity contribution >= 4 is 5.91 Å². The van der Waals surface area contributed by atoms with E-state index in [0.717, 1.165) is 38.8 Å². The maximum absolute atomic E-state index is 12.6. The number of rotatable bonds is 6. The standard InChI is InChI=1S/C21H32N2O4/c1-15(2)23-10-6-18(7-11-23)27-20-14-16(4-5-19(20)25-3)21(24)22-17-8-12-26-13-9-17/h4-5,14-15,17-18H,6-13H2,1-3H3,(H,22,24). The van der Waals surface area contributed by atoms with Gasteiger partial charge < -0.3 is 24.4 Å². The van der Waals surface area contributed by atoms with Crippen molar-refractivity contribution in [2.45, 2.75) is 57.7 Å². The molecular formula is C21H32N2O4. The van der Waals surface area contributed by atoms with Crippen molar-refractivity contribution in [2.24, 2.45) is 0 Å². The summed E-state index contributed by atoms with van der Waals surface area (Å²) in [6.07, 6.45) is 3.85. The van der Waals surface area contributed by atoms with Gasteiger partial charge in [-0.3, -0.25) is 4.79 Å². The van der Waals surface area contributed by atoms with E-state index in [2.05, 4.69) is 24.1 Å². The van der Waals surface area contributed by atoms with Gasteiger partial charge >= 0.3 is 0 Å². The Kier molecular flexibility index (Phi) is 6.96. The molecule has 3 rings (SSSR count). The van der Waals surface area contributed by atoms with Gasteiger partial charge in [0.05, 0.1) is 7.11 Å². The Morgan fingerprint density at radius 3 is 2.48 bits per heavy atom. The molecule has 6 nitrogen and oxygen atoms in total. The molecule has 0 radical (unpaired) electrons. The summed E-state index contributed by atoms with van der Waals surface area (Å²) in [6.45, 7) is 7.94. The first kappa shape index (κ1) is 20.0. The first-order chi connectivity index (χ1) is 13.1. The fraction of sp³-hybridized carbons (Fsp3) is 0.667. The number of piperidine rings is 1. The van der Waals surface area contributed by atoms with Crippen molar-refractivity contribution in [1.82, 2.24) is 10.2 Å². The third kappa shape index (κ3) is 5.36. The number of benzene rings is 1. The van der Waals surface area contributed by atoms with Crippen LogP contribution in [0.5, 0.6) is 11.5 Å². The molecule has 0 saturated carbocycles. The molecule has 2 aliphatic rings. The Morgan fingerprint density at radius 1 is 1.15 bits per heavy atom. The topological polar surface area (TPSA) is 60.0 Å². The molecule has 1 aromatic rings. The zero-order chi connectivity index (χ0) is 19.2. The van der Waals surface area contributed by atoms with Gasteiger partial charge in [-0.05, 0) is 57.7 Å². The van der Waals surface area contributed by atoms with Crippen LogP contribution in [0.3, 0.4) is 0 Å². The van der Waals surface area contributed by atoms with Crippen molar-refractivity contribution in [1.29, 1.82) is 0 Å². The van der Waals surface area contributed by atoms with Gasteiger partial charge in [0.15, 0.2) is 11.5 Å². The molecule has 0 spiro atoms. The van der Waals surface area contributed by atoms with Gasteiger partial charge in [0.2, 0.25) is 0 Å². The van der Waals surface area contributed by atoms with Crippen molar-refractivity contribution in [3.05, 3.63) is 23.8 Å². The number of hydrogen-bond donors (Lipinski definition) is 1. The van der Waals surface area contributed by atoms with Crippen LogP contribution in [0.15, 0.2) is 18.2 Å². The highest BCUT2D eigenvalue weighted by atomic mass is 16.5. The molecule has 27 heavy (non-hydrogen) atoms. The van der Waals surface area contributed by atoms with E-state index in [4.69, 9.17) is 14.2 Å². The summed E-state index contributed by atoms with van der Waals surface area (Å²) in [5.74, 6) is 1.26.